The van der Waals surface area contributed by atoms with Crippen molar-refractivity contribution in [2.75, 3.05) is 20.2 Å². The Labute approximate surface area is 86.4 Å². The minimum absolute atomic E-state index is 0.0753. The highest BCUT2D eigenvalue weighted by Gasteiger charge is 2.47. The van der Waals surface area contributed by atoms with E-state index in [2.05, 4.69) is 20.8 Å². The van der Waals surface area contributed by atoms with Crippen LogP contribution >= 0.6 is 0 Å². The molecule has 0 aromatic heterocycles. The SMILES string of the molecule is COC1(C(C)(C)C)CCN(C(C)=O)C1. The average molecular weight is 199 g/mol. The van der Waals surface area contributed by atoms with Gasteiger partial charge in [-0.15, -0.1) is 0 Å². The fourth-order valence-corrected chi connectivity index (χ4v) is 2.14. The predicted molar refractivity (Wildman–Crippen MR) is 56.1 cm³/mol. The molecule has 0 bridgehead atoms. The van der Waals surface area contributed by atoms with Crippen LogP contribution in [0.5, 0.6) is 0 Å². The Hall–Kier alpha value is -0.570. The third-order valence-corrected chi connectivity index (χ3v) is 3.43. The number of hydrogen-bond donors (Lipinski definition) is 0. The van der Waals surface area contributed by atoms with Gasteiger partial charge in [-0.3, -0.25) is 4.79 Å². The average Bonchev–Trinajstić information content (AvgIpc) is 2.47. The monoisotopic (exact) mass is 199 g/mol. The molecule has 1 fully saturated rings. The van der Waals surface area contributed by atoms with Crippen LogP contribution in [-0.2, 0) is 9.53 Å². The first-order chi connectivity index (χ1) is 6.32. The topological polar surface area (TPSA) is 29.5 Å². The molecule has 0 aromatic carbocycles. The van der Waals surface area contributed by atoms with E-state index in [4.69, 9.17) is 4.74 Å². The standard InChI is InChI=1S/C11H21NO2/c1-9(13)12-7-6-11(8-12,14-5)10(2,3)4/h6-8H2,1-5H3. The molecule has 1 amide bonds. The first kappa shape index (κ1) is 11.5. The maximum absolute atomic E-state index is 11.2. The van der Waals surface area contributed by atoms with Gasteiger partial charge in [-0.05, 0) is 11.8 Å². The van der Waals surface area contributed by atoms with Crippen LogP contribution in [0.15, 0.2) is 0 Å². The zero-order chi connectivity index (χ0) is 11.0. The zero-order valence-corrected chi connectivity index (χ0v) is 9.89. The third-order valence-electron chi connectivity index (χ3n) is 3.43. The molecule has 1 unspecified atom stereocenters. The lowest BCUT2D eigenvalue weighted by Gasteiger charge is -2.40. The van der Waals surface area contributed by atoms with Crippen molar-refractivity contribution in [2.24, 2.45) is 5.41 Å². The minimum Gasteiger partial charge on any atom is -0.376 e. The van der Waals surface area contributed by atoms with Crippen LogP contribution in [0.25, 0.3) is 0 Å². The molecule has 1 heterocycles. The maximum Gasteiger partial charge on any atom is 0.219 e. The number of methoxy groups -OCH3 is 1. The van der Waals surface area contributed by atoms with Gasteiger partial charge in [0, 0.05) is 20.6 Å². The number of carbonyl (C=O) groups is 1. The third kappa shape index (κ3) is 1.78. The van der Waals surface area contributed by atoms with Crippen LogP contribution in [0, 0.1) is 5.41 Å². The second kappa shape index (κ2) is 3.54. The summed E-state index contributed by atoms with van der Waals surface area (Å²) in [5.41, 5.74) is -0.0926. The smallest absolute Gasteiger partial charge is 0.219 e. The highest BCUT2D eigenvalue weighted by molar-refractivity contribution is 5.73. The van der Waals surface area contributed by atoms with Crippen LogP contribution in [-0.4, -0.2) is 36.6 Å². The first-order valence-electron chi connectivity index (χ1n) is 5.13. The molecule has 0 aromatic rings. The van der Waals surface area contributed by atoms with Crippen LogP contribution in [0.1, 0.15) is 34.1 Å². The summed E-state index contributed by atoms with van der Waals surface area (Å²) >= 11 is 0. The van der Waals surface area contributed by atoms with Gasteiger partial charge >= 0.3 is 0 Å². The number of carbonyl (C=O) groups excluding carboxylic acids is 1. The molecule has 1 saturated heterocycles. The van der Waals surface area contributed by atoms with E-state index in [0.717, 1.165) is 19.5 Å². The lowest BCUT2D eigenvalue weighted by molar-refractivity contribution is -0.131. The molecule has 82 valence electrons. The lowest BCUT2D eigenvalue weighted by Crippen LogP contribution is -2.47. The van der Waals surface area contributed by atoms with Crippen molar-refractivity contribution in [3.63, 3.8) is 0 Å². The van der Waals surface area contributed by atoms with Gasteiger partial charge in [0.2, 0.25) is 5.91 Å². The van der Waals surface area contributed by atoms with E-state index in [1.807, 2.05) is 4.90 Å². The largest absolute Gasteiger partial charge is 0.376 e. The molecule has 0 spiro atoms. The van der Waals surface area contributed by atoms with Crippen molar-refractivity contribution in [3.8, 4) is 0 Å². The van der Waals surface area contributed by atoms with Gasteiger partial charge < -0.3 is 9.64 Å². The van der Waals surface area contributed by atoms with Crippen LogP contribution in [0.4, 0.5) is 0 Å². The van der Waals surface area contributed by atoms with Crippen molar-refractivity contribution in [1.82, 2.24) is 4.90 Å². The first-order valence-corrected chi connectivity index (χ1v) is 5.13. The van der Waals surface area contributed by atoms with Gasteiger partial charge in [-0.2, -0.15) is 0 Å². The van der Waals surface area contributed by atoms with Crippen LogP contribution in [0.3, 0.4) is 0 Å². The van der Waals surface area contributed by atoms with Crippen molar-refractivity contribution >= 4 is 5.91 Å². The van der Waals surface area contributed by atoms with Crippen molar-refractivity contribution in [3.05, 3.63) is 0 Å². The zero-order valence-electron chi connectivity index (χ0n) is 9.89. The molecule has 3 nitrogen and oxygen atoms in total. The summed E-state index contributed by atoms with van der Waals surface area (Å²) in [6.45, 7) is 9.66. The van der Waals surface area contributed by atoms with Gasteiger partial charge in [0.05, 0.1) is 12.1 Å². The number of nitrogens with zero attached hydrogens (tertiary/aromatic N) is 1. The number of likely N-dealkylation sites (tertiary alicyclic amines) is 1. The summed E-state index contributed by atoms with van der Waals surface area (Å²) in [6, 6.07) is 0. The highest BCUT2D eigenvalue weighted by atomic mass is 16.5. The van der Waals surface area contributed by atoms with E-state index in [-0.39, 0.29) is 16.9 Å². The molecule has 3 heteroatoms. The second-order valence-corrected chi connectivity index (χ2v) is 5.14. The fraction of sp³-hybridized carbons (Fsp3) is 0.909. The normalized spacial score (nSPS) is 28.2. The van der Waals surface area contributed by atoms with Crippen molar-refractivity contribution in [2.45, 2.75) is 39.7 Å². The lowest BCUT2D eigenvalue weighted by atomic mass is 9.75. The Kier molecular flexibility index (Phi) is 2.91. The Bertz CT molecular complexity index is 232. The van der Waals surface area contributed by atoms with E-state index in [1.165, 1.54) is 0 Å². The summed E-state index contributed by atoms with van der Waals surface area (Å²) in [5, 5.41) is 0. The van der Waals surface area contributed by atoms with Gasteiger partial charge in [0.1, 0.15) is 0 Å². The maximum atomic E-state index is 11.2. The van der Waals surface area contributed by atoms with Gasteiger partial charge in [-0.1, -0.05) is 20.8 Å². The predicted octanol–water partition coefficient (Wildman–Crippen LogP) is 1.67. The number of hydrogen-bond acceptors (Lipinski definition) is 2. The second-order valence-electron chi connectivity index (χ2n) is 5.14. The van der Waals surface area contributed by atoms with Gasteiger partial charge in [-0.25, -0.2) is 0 Å². The molecule has 0 saturated carbocycles. The van der Waals surface area contributed by atoms with Crippen LogP contribution in [0.2, 0.25) is 0 Å². The molecular weight excluding hydrogens is 178 g/mol. The quantitative estimate of drug-likeness (QED) is 0.643. The van der Waals surface area contributed by atoms with Gasteiger partial charge in [0.25, 0.3) is 0 Å². The Balaban J connectivity index is 2.82. The van der Waals surface area contributed by atoms with Crippen molar-refractivity contribution in [1.29, 1.82) is 0 Å². The highest BCUT2D eigenvalue weighted by Crippen LogP contribution is 2.40. The van der Waals surface area contributed by atoms with E-state index < -0.39 is 0 Å². The molecule has 0 aliphatic carbocycles. The van der Waals surface area contributed by atoms with E-state index >= 15 is 0 Å². The molecule has 0 radical (unpaired) electrons. The Morgan fingerprint density at radius 2 is 2.00 bits per heavy atom. The molecule has 1 aliphatic rings. The Morgan fingerprint density at radius 1 is 1.43 bits per heavy atom. The fourth-order valence-electron chi connectivity index (χ4n) is 2.14. The number of rotatable bonds is 1. The molecular formula is C11H21NO2. The summed E-state index contributed by atoms with van der Waals surface area (Å²) in [7, 11) is 1.74. The number of ether oxygens (including phenoxy) is 1. The summed E-state index contributed by atoms with van der Waals surface area (Å²) < 4.78 is 5.65. The molecule has 1 atom stereocenters. The van der Waals surface area contributed by atoms with E-state index in [0.29, 0.717) is 0 Å². The molecule has 1 rings (SSSR count). The van der Waals surface area contributed by atoms with Crippen LogP contribution < -0.4 is 0 Å². The van der Waals surface area contributed by atoms with E-state index in [1.54, 1.807) is 14.0 Å². The van der Waals surface area contributed by atoms with E-state index in [9.17, 15) is 4.79 Å². The molecule has 0 N–H and O–H groups in total. The van der Waals surface area contributed by atoms with Gasteiger partial charge in [0.15, 0.2) is 0 Å². The minimum atomic E-state index is -0.168. The molecule has 14 heavy (non-hydrogen) atoms. The Morgan fingerprint density at radius 3 is 2.21 bits per heavy atom. The summed E-state index contributed by atoms with van der Waals surface area (Å²) in [6.07, 6.45) is 0.937. The van der Waals surface area contributed by atoms with Crippen molar-refractivity contribution < 1.29 is 9.53 Å². The summed E-state index contributed by atoms with van der Waals surface area (Å²) in [5.74, 6) is 0.146. The summed E-state index contributed by atoms with van der Waals surface area (Å²) in [4.78, 5) is 13.1. The number of amides is 1. The molecule has 1 aliphatic heterocycles.